The Morgan fingerprint density at radius 3 is 2.62 bits per heavy atom. The minimum atomic E-state index is -1.22. The lowest BCUT2D eigenvalue weighted by atomic mass is 10.4. The molecule has 1 aliphatic heterocycles. The van der Waals surface area contributed by atoms with Crippen molar-refractivity contribution in [3.05, 3.63) is 11.8 Å². The molecule has 0 aliphatic carbocycles. The molecule has 0 spiro atoms. The molecule has 0 aromatic heterocycles. The van der Waals surface area contributed by atoms with Crippen molar-refractivity contribution in [2.75, 3.05) is 0 Å². The quantitative estimate of drug-likeness (QED) is 0.385. The molecule has 0 aromatic rings. The smallest absolute Gasteiger partial charge is 0.335 e. The van der Waals surface area contributed by atoms with Crippen LogP contribution in [0.25, 0.3) is 0 Å². The summed E-state index contributed by atoms with van der Waals surface area (Å²) in [7, 11) is 0. The zero-order valence-electron chi connectivity index (χ0n) is 4.00. The van der Waals surface area contributed by atoms with Gasteiger partial charge < -0.3 is 15.6 Å². The molecule has 1 atom stereocenters. The summed E-state index contributed by atoms with van der Waals surface area (Å²) in [5.41, 5.74) is 5.10. The Hall–Kier alpha value is -1.03. The van der Waals surface area contributed by atoms with Crippen LogP contribution in [0, 0.1) is 0 Å². The summed E-state index contributed by atoms with van der Waals surface area (Å²) in [6.07, 6.45) is -0.174. The van der Waals surface area contributed by atoms with Crippen LogP contribution in [0.2, 0.25) is 0 Å². The highest BCUT2D eigenvalue weighted by atomic mass is 16.6. The van der Waals surface area contributed by atoms with E-state index in [9.17, 15) is 4.79 Å². The molecule has 1 rings (SSSR count). The maximum atomic E-state index is 10.1. The van der Waals surface area contributed by atoms with Gasteiger partial charge >= 0.3 is 5.97 Å². The summed E-state index contributed by atoms with van der Waals surface area (Å²) < 4.78 is 4.17. The Bertz CT molecular complexity index is 151. The molecule has 1 heterocycles. The van der Waals surface area contributed by atoms with Crippen molar-refractivity contribution in [1.29, 1.82) is 0 Å². The van der Waals surface area contributed by atoms with Gasteiger partial charge in [0.2, 0.25) is 6.29 Å². The molecule has 0 radical (unpaired) electrons. The first-order valence-electron chi connectivity index (χ1n) is 2.06. The van der Waals surface area contributed by atoms with E-state index in [4.69, 9.17) is 10.8 Å². The van der Waals surface area contributed by atoms with Gasteiger partial charge in [-0.1, -0.05) is 0 Å². The van der Waals surface area contributed by atoms with E-state index in [1.54, 1.807) is 0 Å². The van der Waals surface area contributed by atoms with E-state index in [0.717, 1.165) is 6.08 Å². The van der Waals surface area contributed by atoms with Crippen LogP contribution in [-0.4, -0.2) is 17.4 Å². The molecule has 4 heteroatoms. The molecule has 4 nitrogen and oxygen atoms in total. The largest absolute Gasteiger partial charge is 0.427 e. The first kappa shape index (κ1) is 5.11. The standard InChI is InChI=1S/C4H5NO3/c5-2-1-3(6)8-4(2)7/h1,4,7H,5H2. The Morgan fingerprint density at radius 1 is 1.88 bits per heavy atom. The van der Waals surface area contributed by atoms with E-state index < -0.39 is 12.3 Å². The maximum absolute atomic E-state index is 10.1. The topological polar surface area (TPSA) is 72.6 Å². The van der Waals surface area contributed by atoms with E-state index in [2.05, 4.69) is 4.74 Å². The number of esters is 1. The number of cyclic esters (lactones) is 1. The summed E-state index contributed by atoms with van der Waals surface area (Å²) >= 11 is 0. The van der Waals surface area contributed by atoms with Crippen molar-refractivity contribution in [2.45, 2.75) is 6.29 Å². The Labute approximate surface area is 45.5 Å². The third-order valence-electron chi connectivity index (χ3n) is 0.797. The van der Waals surface area contributed by atoms with Gasteiger partial charge in [0.05, 0.1) is 5.70 Å². The molecule has 0 saturated carbocycles. The first-order valence-corrected chi connectivity index (χ1v) is 2.06. The molecular weight excluding hydrogens is 110 g/mol. The fraction of sp³-hybridized carbons (Fsp3) is 0.250. The van der Waals surface area contributed by atoms with Gasteiger partial charge in [0.25, 0.3) is 0 Å². The van der Waals surface area contributed by atoms with Crippen molar-refractivity contribution < 1.29 is 14.6 Å². The summed E-state index contributed by atoms with van der Waals surface area (Å²) in [6, 6.07) is 0. The highest BCUT2D eigenvalue weighted by Crippen LogP contribution is 2.05. The zero-order chi connectivity index (χ0) is 6.15. The molecule has 1 unspecified atom stereocenters. The number of nitrogens with two attached hydrogens (primary N) is 1. The van der Waals surface area contributed by atoms with Crippen LogP contribution in [0.5, 0.6) is 0 Å². The van der Waals surface area contributed by atoms with Gasteiger partial charge in [-0.2, -0.15) is 0 Å². The lowest BCUT2D eigenvalue weighted by molar-refractivity contribution is -0.151. The number of carbonyl (C=O) groups excluding carboxylic acids is 1. The van der Waals surface area contributed by atoms with Crippen LogP contribution in [0.3, 0.4) is 0 Å². The number of ether oxygens (including phenoxy) is 1. The zero-order valence-corrected chi connectivity index (χ0v) is 4.00. The molecule has 0 amide bonds. The lowest BCUT2D eigenvalue weighted by Crippen LogP contribution is -2.14. The molecule has 0 bridgehead atoms. The van der Waals surface area contributed by atoms with Crippen molar-refractivity contribution in [3.63, 3.8) is 0 Å². The predicted octanol–water partition coefficient (Wildman–Crippen LogP) is -1.30. The summed E-state index contributed by atoms with van der Waals surface area (Å²) in [5, 5.41) is 8.53. The minimum absolute atomic E-state index is 0.0648. The number of aliphatic hydroxyl groups excluding tert-OH is 1. The molecule has 0 aromatic carbocycles. The van der Waals surface area contributed by atoms with Crippen LogP contribution in [0.15, 0.2) is 11.8 Å². The van der Waals surface area contributed by atoms with Crippen molar-refractivity contribution in [3.8, 4) is 0 Å². The van der Waals surface area contributed by atoms with Gasteiger partial charge in [0.1, 0.15) is 0 Å². The summed E-state index contributed by atoms with van der Waals surface area (Å²) in [6.45, 7) is 0. The van der Waals surface area contributed by atoms with Gasteiger partial charge in [-0.05, 0) is 0 Å². The van der Waals surface area contributed by atoms with Gasteiger partial charge in [0.15, 0.2) is 0 Å². The molecule has 0 fully saturated rings. The van der Waals surface area contributed by atoms with E-state index in [1.807, 2.05) is 0 Å². The number of hydrogen-bond acceptors (Lipinski definition) is 4. The van der Waals surface area contributed by atoms with Gasteiger partial charge in [-0.3, -0.25) is 0 Å². The Kier molecular flexibility index (Phi) is 0.948. The van der Waals surface area contributed by atoms with Crippen LogP contribution in [-0.2, 0) is 9.53 Å². The SMILES string of the molecule is NC1=CC(=O)OC1O. The van der Waals surface area contributed by atoms with Crippen molar-refractivity contribution in [1.82, 2.24) is 0 Å². The monoisotopic (exact) mass is 115 g/mol. The highest BCUT2D eigenvalue weighted by molar-refractivity contribution is 5.85. The first-order chi connectivity index (χ1) is 3.70. The fourth-order valence-corrected chi connectivity index (χ4v) is 0.419. The summed E-state index contributed by atoms with van der Waals surface area (Å²) in [5.74, 6) is -0.588. The van der Waals surface area contributed by atoms with E-state index >= 15 is 0 Å². The second kappa shape index (κ2) is 1.48. The average Bonchev–Trinajstić information content (AvgIpc) is 1.85. The maximum Gasteiger partial charge on any atom is 0.335 e. The molecular formula is C4H5NO3. The Morgan fingerprint density at radius 2 is 2.50 bits per heavy atom. The van der Waals surface area contributed by atoms with E-state index in [1.165, 1.54) is 0 Å². The van der Waals surface area contributed by atoms with Crippen LogP contribution in [0.1, 0.15) is 0 Å². The van der Waals surface area contributed by atoms with Crippen LogP contribution in [0.4, 0.5) is 0 Å². The molecule has 1 aliphatic rings. The molecule has 3 N–H and O–H groups in total. The second-order valence-electron chi connectivity index (χ2n) is 1.43. The normalized spacial score (nSPS) is 27.4. The number of aliphatic hydroxyl groups is 1. The number of hydrogen-bond donors (Lipinski definition) is 2. The molecule has 8 heavy (non-hydrogen) atoms. The van der Waals surface area contributed by atoms with E-state index in [-0.39, 0.29) is 5.70 Å². The molecule has 44 valence electrons. The van der Waals surface area contributed by atoms with Crippen LogP contribution < -0.4 is 5.73 Å². The van der Waals surface area contributed by atoms with E-state index in [0.29, 0.717) is 0 Å². The Balaban J connectivity index is 2.73. The van der Waals surface area contributed by atoms with Gasteiger partial charge in [0, 0.05) is 6.08 Å². The minimum Gasteiger partial charge on any atom is -0.427 e. The third-order valence-corrected chi connectivity index (χ3v) is 0.797. The van der Waals surface area contributed by atoms with Crippen LogP contribution >= 0.6 is 0 Å². The summed E-state index contributed by atoms with van der Waals surface area (Å²) in [4.78, 5) is 10.1. The van der Waals surface area contributed by atoms with Crippen molar-refractivity contribution in [2.24, 2.45) is 5.73 Å². The molecule has 0 saturated heterocycles. The lowest BCUT2D eigenvalue weighted by Gasteiger charge is -1.99. The fourth-order valence-electron chi connectivity index (χ4n) is 0.419. The predicted molar refractivity (Wildman–Crippen MR) is 24.4 cm³/mol. The average molecular weight is 115 g/mol. The number of rotatable bonds is 0. The second-order valence-corrected chi connectivity index (χ2v) is 1.43. The van der Waals surface area contributed by atoms with Gasteiger partial charge in [-0.25, -0.2) is 4.79 Å². The van der Waals surface area contributed by atoms with Gasteiger partial charge in [-0.15, -0.1) is 0 Å². The number of carbonyl (C=O) groups is 1. The highest BCUT2D eigenvalue weighted by Gasteiger charge is 2.19. The third kappa shape index (κ3) is 0.651. The van der Waals surface area contributed by atoms with Crippen molar-refractivity contribution >= 4 is 5.97 Å².